The Morgan fingerprint density at radius 2 is 2.35 bits per heavy atom. The van der Waals surface area contributed by atoms with E-state index in [9.17, 15) is 4.79 Å². The first-order valence-electron chi connectivity index (χ1n) is 6.33. The van der Waals surface area contributed by atoms with Crippen molar-refractivity contribution in [3.63, 3.8) is 0 Å². The van der Waals surface area contributed by atoms with Crippen LogP contribution in [0.3, 0.4) is 0 Å². The SMILES string of the molecule is N#C[C@@H](NC(=O)c1ccnc(C2CC2)n1)c1ccsc1. The Morgan fingerprint density at radius 1 is 1.50 bits per heavy atom. The standard InChI is InChI=1S/C14H12N4OS/c15-7-12(10-4-6-20-8-10)18-14(19)11-3-5-16-13(17-11)9-1-2-9/h3-6,8-9,12H,1-2H2,(H,18,19)/t12-/m1/s1. The molecule has 0 spiro atoms. The Balaban J connectivity index is 1.75. The molecule has 6 heteroatoms. The smallest absolute Gasteiger partial charge is 0.271 e. The van der Waals surface area contributed by atoms with Gasteiger partial charge in [0.15, 0.2) is 0 Å². The molecule has 100 valence electrons. The number of amides is 1. The molecule has 20 heavy (non-hydrogen) atoms. The number of carbonyl (C=O) groups is 1. The van der Waals surface area contributed by atoms with E-state index in [0.717, 1.165) is 24.2 Å². The molecular weight excluding hydrogens is 272 g/mol. The zero-order valence-corrected chi connectivity index (χ0v) is 11.4. The van der Waals surface area contributed by atoms with Gasteiger partial charge in [0.25, 0.3) is 5.91 Å². The molecule has 0 unspecified atom stereocenters. The van der Waals surface area contributed by atoms with Crippen molar-refractivity contribution in [1.29, 1.82) is 5.26 Å². The fraction of sp³-hybridized carbons (Fsp3) is 0.286. The molecule has 5 nitrogen and oxygen atoms in total. The van der Waals surface area contributed by atoms with E-state index < -0.39 is 6.04 Å². The zero-order chi connectivity index (χ0) is 13.9. The van der Waals surface area contributed by atoms with E-state index in [1.165, 1.54) is 11.3 Å². The van der Waals surface area contributed by atoms with E-state index in [1.54, 1.807) is 12.3 Å². The molecule has 2 aromatic heterocycles. The third-order valence-electron chi connectivity index (χ3n) is 3.13. The van der Waals surface area contributed by atoms with Gasteiger partial charge in [-0.2, -0.15) is 16.6 Å². The van der Waals surface area contributed by atoms with E-state index in [-0.39, 0.29) is 5.91 Å². The van der Waals surface area contributed by atoms with Gasteiger partial charge in [0, 0.05) is 12.1 Å². The van der Waals surface area contributed by atoms with Crippen molar-refractivity contribution < 1.29 is 4.79 Å². The second-order valence-electron chi connectivity index (χ2n) is 4.67. The van der Waals surface area contributed by atoms with Crippen molar-refractivity contribution in [1.82, 2.24) is 15.3 Å². The van der Waals surface area contributed by atoms with Crippen LogP contribution < -0.4 is 5.32 Å². The molecule has 1 aliphatic carbocycles. The lowest BCUT2D eigenvalue weighted by molar-refractivity contribution is 0.0939. The molecule has 0 aromatic carbocycles. The molecule has 1 fully saturated rings. The van der Waals surface area contributed by atoms with Crippen LogP contribution in [0, 0.1) is 11.3 Å². The summed E-state index contributed by atoms with van der Waals surface area (Å²) in [4.78, 5) is 20.6. The largest absolute Gasteiger partial charge is 0.331 e. The summed E-state index contributed by atoms with van der Waals surface area (Å²) >= 11 is 1.49. The van der Waals surface area contributed by atoms with Crippen LogP contribution in [0.25, 0.3) is 0 Å². The maximum atomic E-state index is 12.2. The minimum Gasteiger partial charge on any atom is -0.331 e. The number of thiophene rings is 1. The van der Waals surface area contributed by atoms with Crippen LogP contribution in [0.4, 0.5) is 0 Å². The average Bonchev–Trinajstić information content (AvgIpc) is 3.20. The Labute approximate surface area is 120 Å². The van der Waals surface area contributed by atoms with E-state index in [2.05, 4.69) is 21.4 Å². The summed E-state index contributed by atoms with van der Waals surface area (Å²) in [6.45, 7) is 0. The predicted octanol–water partition coefficient (Wildman–Crippen LogP) is 2.41. The van der Waals surface area contributed by atoms with Crippen molar-refractivity contribution in [3.05, 3.63) is 46.2 Å². The first kappa shape index (κ1) is 12.8. The molecule has 1 aliphatic rings. The van der Waals surface area contributed by atoms with Crippen LogP contribution in [0.1, 0.15) is 46.7 Å². The lowest BCUT2D eigenvalue weighted by Gasteiger charge is -2.10. The molecule has 0 bridgehead atoms. The van der Waals surface area contributed by atoms with Gasteiger partial charge in [-0.05, 0) is 41.3 Å². The van der Waals surface area contributed by atoms with Crippen molar-refractivity contribution in [2.24, 2.45) is 0 Å². The fourth-order valence-electron chi connectivity index (χ4n) is 1.87. The Morgan fingerprint density at radius 3 is 3.00 bits per heavy atom. The van der Waals surface area contributed by atoms with Crippen LogP contribution in [-0.4, -0.2) is 15.9 Å². The summed E-state index contributed by atoms with van der Waals surface area (Å²) in [7, 11) is 0. The number of rotatable bonds is 4. The van der Waals surface area contributed by atoms with Crippen LogP contribution >= 0.6 is 11.3 Å². The van der Waals surface area contributed by atoms with Gasteiger partial charge < -0.3 is 5.32 Å². The molecule has 1 N–H and O–H groups in total. The highest BCUT2D eigenvalue weighted by molar-refractivity contribution is 7.08. The number of nitrogens with zero attached hydrogens (tertiary/aromatic N) is 3. The molecule has 0 radical (unpaired) electrons. The fourth-order valence-corrected chi connectivity index (χ4v) is 2.56. The maximum Gasteiger partial charge on any atom is 0.271 e. The third kappa shape index (κ3) is 2.68. The van der Waals surface area contributed by atoms with Gasteiger partial charge in [0.1, 0.15) is 17.6 Å². The Hall–Kier alpha value is -2.26. The highest BCUT2D eigenvalue weighted by Gasteiger charge is 2.27. The first-order valence-corrected chi connectivity index (χ1v) is 7.27. The molecule has 1 atom stereocenters. The monoisotopic (exact) mass is 284 g/mol. The highest BCUT2D eigenvalue weighted by atomic mass is 32.1. The zero-order valence-electron chi connectivity index (χ0n) is 10.6. The van der Waals surface area contributed by atoms with Crippen LogP contribution in [0.2, 0.25) is 0 Å². The second-order valence-corrected chi connectivity index (χ2v) is 5.45. The maximum absolute atomic E-state index is 12.2. The van der Waals surface area contributed by atoms with E-state index >= 15 is 0 Å². The summed E-state index contributed by atoms with van der Waals surface area (Å²) < 4.78 is 0. The normalized spacial score (nSPS) is 15.3. The highest BCUT2D eigenvalue weighted by Crippen LogP contribution is 2.37. The third-order valence-corrected chi connectivity index (χ3v) is 3.83. The predicted molar refractivity (Wildman–Crippen MR) is 74.1 cm³/mol. The van der Waals surface area contributed by atoms with Crippen LogP contribution in [-0.2, 0) is 0 Å². The number of hydrogen-bond donors (Lipinski definition) is 1. The molecule has 0 saturated heterocycles. The summed E-state index contributed by atoms with van der Waals surface area (Å²) in [6.07, 6.45) is 3.77. The Bertz CT molecular complexity index is 658. The lowest BCUT2D eigenvalue weighted by atomic mass is 10.1. The summed E-state index contributed by atoms with van der Waals surface area (Å²) in [5, 5.41) is 15.6. The Kier molecular flexibility index (Phi) is 3.44. The summed E-state index contributed by atoms with van der Waals surface area (Å²) in [6, 6.07) is 4.84. The minimum atomic E-state index is -0.645. The number of hydrogen-bond acceptors (Lipinski definition) is 5. The topological polar surface area (TPSA) is 78.7 Å². The molecule has 2 heterocycles. The quantitative estimate of drug-likeness (QED) is 0.935. The van der Waals surface area contributed by atoms with Crippen molar-refractivity contribution in [2.75, 3.05) is 0 Å². The van der Waals surface area contributed by atoms with Crippen LogP contribution in [0.15, 0.2) is 29.1 Å². The molecular formula is C14H12N4OS. The first-order chi connectivity index (χ1) is 9.78. The lowest BCUT2D eigenvalue weighted by Crippen LogP contribution is -2.28. The number of nitrogens with one attached hydrogen (secondary N) is 1. The number of carbonyl (C=O) groups excluding carboxylic acids is 1. The molecule has 3 rings (SSSR count). The number of aromatic nitrogens is 2. The van der Waals surface area contributed by atoms with Crippen molar-refractivity contribution in [3.8, 4) is 6.07 Å². The van der Waals surface area contributed by atoms with Gasteiger partial charge in [0.2, 0.25) is 0 Å². The molecule has 1 saturated carbocycles. The van der Waals surface area contributed by atoms with Gasteiger partial charge in [-0.3, -0.25) is 4.79 Å². The van der Waals surface area contributed by atoms with E-state index in [0.29, 0.717) is 11.6 Å². The minimum absolute atomic E-state index is 0.317. The summed E-state index contributed by atoms with van der Waals surface area (Å²) in [5.41, 5.74) is 1.11. The number of nitriles is 1. The second kappa shape index (κ2) is 5.39. The van der Waals surface area contributed by atoms with E-state index in [4.69, 9.17) is 5.26 Å². The summed E-state index contributed by atoms with van der Waals surface area (Å²) in [5.74, 6) is 0.778. The van der Waals surface area contributed by atoms with Crippen molar-refractivity contribution >= 4 is 17.2 Å². The van der Waals surface area contributed by atoms with Crippen molar-refractivity contribution in [2.45, 2.75) is 24.8 Å². The molecule has 1 amide bonds. The molecule has 2 aromatic rings. The van der Waals surface area contributed by atoms with Gasteiger partial charge in [-0.15, -0.1) is 0 Å². The van der Waals surface area contributed by atoms with E-state index in [1.807, 2.05) is 16.8 Å². The van der Waals surface area contributed by atoms with Gasteiger partial charge in [0.05, 0.1) is 6.07 Å². The molecule has 0 aliphatic heterocycles. The van der Waals surface area contributed by atoms with Gasteiger partial charge in [-0.1, -0.05) is 0 Å². The van der Waals surface area contributed by atoms with Crippen LogP contribution in [0.5, 0.6) is 0 Å². The van der Waals surface area contributed by atoms with Gasteiger partial charge >= 0.3 is 0 Å². The van der Waals surface area contributed by atoms with Gasteiger partial charge in [-0.25, -0.2) is 9.97 Å². The average molecular weight is 284 g/mol.